The van der Waals surface area contributed by atoms with Crippen LogP contribution in [0, 0.1) is 0 Å². The Bertz CT molecular complexity index is 2910. The van der Waals surface area contributed by atoms with Crippen LogP contribution in [0.3, 0.4) is 0 Å². The molecule has 0 spiro atoms. The van der Waals surface area contributed by atoms with Crippen LogP contribution < -0.4 is 22.3 Å². The second-order valence-electron chi connectivity index (χ2n) is 12.3. The van der Waals surface area contributed by atoms with Gasteiger partial charge in [0.05, 0.1) is 11.4 Å². The van der Waals surface area contributed by atoms with Gasteiger partial charge < -0.3 is 11.5 Å². The van der Waals surface area contributed by atoms with E-state index in [-0.39, 0.29) is 56.1 Å². The van der Waals surface area contributed by atoms with E-state index in [0.29, 0.717) is 0 Å². The molecule has 0 unspecified atom stereocenters. The molecule has 0 radical (unpaired) electrons. The molecule has 2 aliphatic rings. The van der Waals surface area contributed by atoms with Crippen molar-refractivity contribution in [3.8, 4) is 0 Å². The molecule has 0 heterocycles. The van der Waals surface area contributed by atoms with Gasteiger partial charge in [0, 0.05) is 22.5 Å². The van der Waals surface area contributed by atoms with E-state index in [0.717, 1.165) is 48.6 Å². The molecule has 0 amide bonds. The van der Waals surface area contributed by atoms with Gasteiger partial charge in [-0.25, -0.2) is 0 Å². The number of ketones is 2. The number of hydrogen-bond acceptors (Lipinski definition) is 16. The number of anilines is 4. The maximum Gasteiger partial charge on any atom is 0.296 e. The molecule has 0 bridgehead atoms. The summed E-state index contributed by atoms with van der Waals surface area (Å²) in [6, 6.07) is 14.2. The average molecular weight is 871 g/mol. The van der Waals surface area contributed by atoms with Crippen LogP contribution in [0.25, 0.3) is 24.3 Å². The third-order valence-electron chi connectivity index (χ3n) is 8.29. The third kappa shape index (κ3) is 8.62. The zero-order chi connectivity index (χ0) is 42.5. The normalized spacial score (nSPS) is 16.2. The molecule has 24 heteroatoms. The summed E-state index contributed by atoms with van der Waals surface area (Å²) in [6.07, 6.45) is 4.03. The fraction of sp³-hybridized carbons (Fsp3) is 0. The average Bonchev–Trinajstić information content (AvgIpc) is 3.12. The Morgan fingerprint density at radius 1 is 0.500 bits per heavy atom. The number of Topliss-reactive ketones (excluding diaryl/α,β-unsaturated/α-hetero) is 2. The number of fused-ring (bicyclic) bond motifs is 2. The molecule has 0 fully saturated rings. The lowest BCUT2D eigenvalue weighted by Gasteiger charge is -2.16. The van der Waals surface area contributed by atoms with Gasteiger partial charge >= 0.3 is 0 Å². The van der Waals surface area contributed by atoms with Crippen molar-refractivity contribution < 1.29 is 61.5 Å². The van der Waals surface area contributed by atoms with E-state index >= 15 is 0 Å². The van der Waals surface area contributed by atoms with E-state index in [1.54, 1.807) is 0 Å². The molecule has 58 heavy (non-hydrogen) atoms. The number of hydrazone groups is 2. The number of carbonyl (C=O) groups is 2. The molecule has 4 aromatic carbocycles. The van der Waals surface area contributed by atoms with Crippen LogP contribution in [0.4, 0.5) is 22.7 Å². The minimum atomic E-state index is -5.06. The second-order valence-corrected chi connectivity index (χ2v) is 17.8. The molecule has 0 saturated heterocycles. The minimum Gasteiger partial charge on any atom is -0.399 e. The molecule has 0 saturated carbocycles. The number of allylic oxidation sites excluding steroid dienone is 2. The summed E-state index contributed by atoms with van der Waals surface area (Å²) in [6.45, 7) is 0. The highest BCUT2D eigenvalue weighted by Crippen LogP contribution is 2.31. The first-order valence-electron chi connectivity index (χ1n) is 15.8. The standard InChI is InChI=1S/C34H26N6O14S4/c35-21-7-3-19-11-29(57(49,50)51)31(33(41)25(19)13-21)39-37-23-9-5-17(27(15-23)55(43,44)45)1-2-18-6-10-24(16-28(18)56(46,47)48)38-40-32-30(58(52,53)54)12-20-4-8-22(36)14-26(20)34(32)42/h1-16,37-38H,35-36H2,(H,43,44,45)(H,46,47,48)(H,49,50,51)(H,52,53,54)/b2-1+,39-31-,40-32-. The monoisotopic (exact) mass is 870 g/mol. The van der Waals surface area contributed by atoms with Crippen LogP contribution in [0.15, 0.2) is 103 Å². The number of hydrogen-bond donors (Lipinski definition) is 8. The van der Waals surface area contributed by atoms with Crippen molar-refractivity contribution in [3.63, 3.8) is 0 Å². The lowest BCUT2D eigenvalue weighted by Crippen LogP contribution is -2.27. The summed E-state index contributed by atoms with van der Waals surface area (Å²) in [4.78, 5) is 23.0. The Hall–Kier alpha value is -6.38. The molecule has 0 atom stereocenters. The number of rotatable bonds is 10. The molecule has 0 aromatic heterocycles. The minimum absolute atomic E-state index is 0.0478. The molecule has 4 aromatic rings. The van der Waals surface area contributed by atoms with E-state index in [1.165, 1.54) is 48.5 Å². The molecule has 2 aliphatic carbocycles. The number of nitrogens with one attached hydrogen (secondary N) is 2. The molecule has 10 N–H and O–H groups in total. The van der Waals surface area contributed by atoms with Gasteiger partial charge in [0.1, 0.15) is 19.6 Å². The van der Waals surface area contributed by atoms with Crippen molar-refractivity contribution in [2.75, 3.05) is 22.3 Å². The predicted octanol–water partition coefficient (Wildman–Crippen LogP) is 3.30. The van der Waals surface area contributed by atoms with Crippen molar-refractivity contribution >= 4 is 111 Å². The maximum absolute atomic E-state index is 13.2. The van der Waals surface area contributed by atoms with Crippen LogP contribution in [-0.2, 0) is 40.5 Å². The van der Waals surface area contributed by atoms with Crippen molar-refractivity contribution in [1.82, 2.24) is 0 Å². The van der Waals surface area contributed by atoms with E-state index in [9.17, 15) is 61.5 Å². The SMILES string of the molecule is Nc1ccc2c(c1)C(=O)/C(=N\Nc1ccc(/C=C/c3ccc(N/N=C4\C(=O)c5cc(N)ccc5C=C4S(=O)(=O)O)cc3S(=O)(=O)O)c(S(=O)(=O)O)c1)C(S(=O)(=O)O)=C2. The van der Waals surface area contributed by atoms with E-state index in [1.807, 2.05) is 0 Å². The van der Waals surface area contributed by atoms with Gasteiger partial charge in [-0.3, -0.25) is 38.7 Å². The van der Waals surface area contributed by atoms with Gasteiger partial charge in [0.15, 0.2) is 11.4 Å². The lowest BCUT2D eigenvalue weighted by atomic mass is 9.94. The Morgan fingerprint density at radius 2 is 0.862 bits per heavy atom. The predicted molar refractivity (Wildman–Crippen MR) is 213 cm³/mol. The number of nitrogen functional groups attached to an aromatic ring is 2. The van der Waals surface area contributed by atoms with Gasteiger partial charge in [-0.05, 0) is 82.9 Å². The molecule has 0 aliphatic heterocycles. The Morgan fingerprint density at radius 3 is 1.19 bits per heavy atom. The molecular formula is C34H26N6O14S4. The van der Waals surface area contributed by atoms with Gasteiger partial charge in [-0.1, -0.05) is 36.4 Å². The first kappa shape index (κ1) is 41.3. The second kappa shape index (κ2) is 14.8. The van der Waals surface area contributed by atoms with Crippen LogP contribution in [-0.4, -0.2) is 74.9 Å². The van der Waals surface area contributed by atoms with Crippen molar-refractivity contribution in [3.05, 3.63) is 116 Å². The molecular weight excluding hydrogens is 845 g/mol. The summed E-state index contributed by atoms with van der Waals surface area (Å²) in [5.41, 5.74) is 14.1. The quantitative estimate of drug-likeness (QED) is 0.0490. The van der Waals surface area contributed by atoms with E-state index in [2.05, 4.69) is 21.1 Å². The highest BCUT2D eigenvalue weighted by Gasteiger charge is 2.34. The van der Waals surface area contributed by atoms with Gasteiger partial charge in [0.2, 0.25) is 11.6 Å². The zero-order valence-corrected chi connectivity index (χ0v) is 32.1. The van der Waals surface area contributed by atoms with Crippen LogP contribution in [0.1, 0.15) is 43.0 Å². The molecule has 6 rings (SSSR count). The Kier molecular flexibility index (Phi) is 10.6. The van der Waals surface area contributed by atoms with Crippen LogP contribution in [0.2, 0.25) is 0 Å². The van der Waals surface area contributed by atoms with Gasteiger partial charge in [-0.15, -0.1) is 0 Å². The summed E-state index contributed by atoms with van der Waals surface area (Å²) >= 11 is 0. The van der Waals surface area contributed by atoms with Crippen molar-refractivity contribution in [2.45, 2.75) is 9.79 Å². The lowest BCUT2D eigenvalue weighted by molar-refractivity contribution is 0.105. The van der Waals surface area contributed by atoms with Crippen LogP contribution in [0.5, 0.6) is 0 Å². The number of carbonyl (C=O) groups excluding carboxylic acids is 2. The van der Waals surface area contributed by atoms with Gasteiger partial charge in [0.25, 0.3) is 40.5 Å². The fourth-order valence-corrected chi connectivity index (χ4v) is 8.38. The van der Waals surface area contributed by atoms with Gasteiger partial charge in [-0.2, -0.15) is 43.9 Å². The van der Waals surface area contributed by atoms with Crippen molar-refractivity contribution in [1.29, 1.82) is 0 Å². The number of benzene rings is 4. The molecule has 20 nitrogen and oxygen atoms in total. The zero-order valence-electron chi connectivity index (χ0n) is 28.8. The Labute approximate surface area is 329 Å². The number of nitrogens with zero attached hydrogens (tertiary/aromatic N) is 2. The number of nitrogens with two attached hydrogens (primary N) is 2. The summed E-state index contributed by atoms with van der Waals surface area (Å²) in [7, 11) is -20.1. The van der Waals surface area contributed by atoms with E-state index < -0.39 is 83.1 Å². The smallest absolute Gasteiger partial charge is 0.296 e. The highest BCUT2D eigenvalue weighted by molar-refractivity contribution is 7.91. The third-order valence-corrected chi connectivity index (χ3v) is 11.8. The Balaban J connectivity index is 1.32. The van der Waals surface area contributed by atoms with Crippen LogP contribution >= 0.6 is 0 Å². The molecule has 300 valence electrons. The summed E-state index contributed by atoms with van der Waals surface area (Å²) in [5.74, 6) is -1.91. The van der Waals surface area contributed by atoms with Crippen molar-refractivity contribution in [2.24, 2.45) is 10.2 Å². The maximum atomic E-state index is 13.2. The first-order chi connectivity index (χ1) is 26.9. The highest BCUT2D eigenvalue weighted by atomic mass is 32.2. The summed E-state index contributed by atoms with van der Waals surface area (Å²) < 4.78 is 138. The fourth-order valence-electron chi connectivity index (χ4n) is 5.65. The van der Waals surface area contributed by atoms with E-state index in [4.69, 9.17) is 11.5 Å². The first-order valence-corrected chi connectivity index (χ1v) is 21.5. The topological polar surface area (TPSA) is 352 Å². The summed E-state index contributed by atoms with van der Waals surface area (Å²) in [5, 5.41) is 7.56. The largest absolute Gasteiger partial charge is 0.399 e.